The Bertz CT molecular complexity index is 624. The van der Waals surface area contributed by atoms with Crippen molar-refractivity contribution in [3.63, 3.8) is 0 Å². The number of rotatable bonds is 6. The average Bonchev–Trinajstić information content (AvgIpc) is 3.05. The van der Waals surface area contributed by atoms with Gasteiger partial charge in [0.2, 0.25) is 5.91 Å². The molecule has 0 bridgehead atoms. The summed E-state index contributed by atoms with van der Waals surface area (Å²) < 4.78 is 5.31. The van der Waals surface area contributed by atoms with Gasteiger partial charge in [-0.3, -0.25) is 9.69 Å². The molecule has 6 heteroatoms. The van der Waals surface area contributed by atoms with Crippen LogP contribution < -0.4 is 5.32 Å². The Labute approximate surface area is 140 Å². The third kappa shape index (κ3) is 4.86. The molecule has 122 valence electrons. The zero-order chi connectivity index (χ0) is 15.9. The van der Waals surface area contributed by atoms with Crippen molar-refractivity contribution in [2.75, 3.05) is 39.4 Å². The van der Waals surface area contributed by atoms with E-state index in [4.69, 9.17) is 4.74 Å². The first kappa shape index (κ1) is 16.1. The van der Waals surface area contributed by atoms with E-state index in [-0.39, 0.29) is 5.91 Å². The van der Waals surface area contributed by atoms with Crippen LogP contribution in [0.15, 0.2) is 35.7 Å². The number of carbonyl (C=O) groups is 1. The van der Waals surface area contributed by atoms with Crippen LogP contribution in [-0.4, -0.2) is 55.2 Å². The molecule has 1 fully saturated rings. The third-order valence-corrected chi connectivity index (χ3v) is 4.71. The summed E-state index contributed by atoms with van der Waals surface area (Å²) in [7, 11) is 0. The summed E-state index contributed by atoms with van der Waals surface area (Å²) in [4.78, 5) is 18.9. The number of morpholine rings is 1. The molecule has 0 saturated carbocycles. The van der Waals surface area contributed by atoms with Crippen LogP contribution in [0.25, 0.3) is 10.6 Å². The van der Waals surface area contributed by atoms with Crippen LogP contribution >= 0.6 is 11.3 Å². The van der Waals surface area contributed by atoms with Gasteiger partial charge < -0.3 is 10.1 Å². The lowest BCUT2D eigenvalue weighted by Crippen LogP contribution is -2.41. The number of carbonyl (C=O) groups excluding carboxylic acids is 1. The van der Waals surface area contributed by atoms with E-state index < -0.39 is 0 Å². The van der Waals surface area contributed by atoms with Crippen LogP contribution in [0, 0.1) is 0 Å². The number of amides is 1. The van der Waals surface area contributed by atoms with Crippen molar-refractivity contribution < 1.29 is 9.53 Å². The number of hydrogen-bond acceptors (Lipinski definition) is 5. The van der Waals surface area contributed by atoms with Crippen molar-refractivity contribution in [1.29, 1.82) is 0 Å². The maximum Gasteiger partial charge on any atom is 0.226 e. The molecule has 23 heavy (non-hydrogen) atoms. The van der Waals surface area contributed by atoms with Crippen molar-refractivity contribution in [2.24, 2.45) is 0 Å². The number of thiazole rings is 1. The van der Waals surface area contributed by atoms with Gasteiger partial charge in [0.05, 0.1) is 25.3 Å². The van der Waals surface area contributed by atoms with Gasteiger partial charge in [-0.15, -0.1) is 11.3 Å². The first-order valence-electron chi connectivity index (χ1n) is 7.88. The normalized spacial score (nSPS) is 15.5. The number of ether oxygens (including phenoxy) is 1. The lowest BCUT2D eigenvalue weighted by molar-refractivity contribution is -0.120. The van der Waals surface area contributed by atoms with E-state index in [0.717, 1.165) is 49.1 Å². The molecule has 3 rings (SSSR count). The van der Waals surface area contributed by atoms with Crippen LogP contribution in [0.1, 0.15) is 5.69 Å². The second-order valence-electron chi connectivity index (χ2n) is 5.49. The van der Waals surface area contributed by atoms with E-state index in [0.29, 0.717) is 13.0 Å². The number of nitrogens with zero attached hydrogens (tertiary/aromatic N) is 2. The molecule has 2 aromatic rings. The fraction of sp³-hybridized carbons (Fsp3) is 0.412. The minimum Gasteiger partial charge on any atom is -0.379 e. The van der Waals surface area contributed by atoms with Gasteiger partial charge in [0.25, 0.3) is 0 Å². The van der Waals surface area contributed by atoms with Crippen LogP contribution in [0.4, 0.5) is 0 Å². The number of nitrogens with one attached hydrogen (secondary N) is 1. The first-order valence-corrected chi connectivity index (χ1v) is 8.76. The smallest absolute Gasteiger partial charge is 0.226 e. The summed E-state index contributed by atoms with van der Waals surface area (Å²) in [6.07, 6.45) is 0.340. The van der Waals surface area contributed by atoms with Gasteiger partial charge in [0.1, 0.15) is 5.01 Å². The quantitative estimate of drug-likeness (QED) is 0.877. The van der Waals surface area contributed by atoms with Gasteiger partial charge in [-0.1, -0.05) is 30.3 Å². The summed E-state index contributed by atoms with van der Waals surface area (Å²) in [6, 6.07) is 10.0. The van der Waals surface area contributed by atoms with E-state index in [9.17, 15) is 4.79 Å². The zero-order valence-corrected chi connectivity index (χ0v) is 13.8. The fourth-order valence-corrected chi connectivity index (χ4v) is 3.33. The number of benzene rings is 1. The molecule has 1 aromatic carbocycles. The van der Waals surface area contributed by atoms with Crippen molar-refractivity contribution >= 4 is 17.2 Å². The molecule has 1 N–H and O–H groups in total. The maximum atomic E-state index is 12.0. The molecule has 1 aliphatic rings. The zero-order valence-electron chi connectivity index (χ0n) is 13.0. The lowest BCUT2D eigenvalue weighted by Gasteiger charge is -2.26. The molecule has 1 aromatic heterocycles. The van der Waals surface area contributed by atoms with Gasteiger partial charge in [0, 0.05) is 37.1 Å². The predicted octanol–water partition coefficient (Wildman–Crippen LogP) is 1.80. The van der Waals surface area contributed by atoms with Crippen molar-refractivity contribution in [2.45, 2.75) is 6.42 Å². The van der Waals surface area contributed by atoms with Gasteiger partial charge in [-0.2, -0.15) is 0 Å². The Hall–Kier alpha value is -1.76. The molecule has 0 spiro atoms. The van der Waals surface area contributed by atoms with Crippen LogP contribution in [-0.2, 0) is 16.0 Å². The van der Waals surface area contributed by atoms with E-state index >= 15 is 0 Å². The standard InChI is InChI=1S/C17H21N3O2S/c21-16(18-6-7-20-8-10-22-11-9-20)12-15-13-23-17(19-15)14-4-2-1-3-5-14/h1-5,13H,6-12H2,(H,18,21). The van der Waals surface area contributed by atoms with Crippen molar-refractivity contribution in [3.05, 3.63) is 41.4 Å². The van der Waals surface area contributed by atoms with Gasteiger partial charge in [-0.25, -0.2) is 4.98 Å². The number of hydrogen-bond donors (Lipinski definition) is 1. The van der Waals surface area contributed by atoms with E-state index in [1.165, 1.54) is 0 Å². The largest absolute Gasteiger partial charge is 0.379 e. The maximum absolute atomic E-state index is 12.0. The van der Waals surface area contributed by atoms with E-state index in [2.05, 4.69) is 15.2 Å². The van der Waals surface area contributed by atoms with Gasteiger partial charge >= 0.3 is 0 Å². The van der Waals surface area contributed by atoms with Gasteiger partial charge in [0.15, 0.2) is 0 Å². The number of aromatic nitrogens is 1. The summed E-state index contributed by atoms with van der Waals surface area (Å²) in [5, 5.41) is 5.89. The first-order chi connectivity index (χ1) is 11.3. The third-order valence-electron chi connectivity index (χ3n) is 3.77. The minimum atomic E-state index is 0.0307. The van der Waals surface area contributed by atoms with Crippen LogP contribution in [0.2, 0.25) is 0 Å². The molecule has 2 heterocycles. The van der Waals surface area contributed by atoms with Crippen LogP contribution in [0.3, 0.4) is 0 Å². The molecule has 1 amide bonds. The van der Waals surface area contributed by atoms with E-state index in [1.54, 1.807) is 11.3 Å². The minimum absolute atomic E-state index is 0.0307. The summed E-state index contributed by atoms with van der Waals surface area (Å²) in [6.45, 7) is 5.02. The molecule has 1 saturated heterocycles. The molecule has 0 unspecified atom stereocenters. The summed E-state index contributed by atoms with van der Waals surface area (Å²) in [5.74, 6) is 0.0307. The Morgan fingerprint density at radius 1 is 1.26 bits per heavy atom. The Kier molecular flexibility index (Phi) is 5.74. The highest BCUT2D eigenvalue weighted by Crippen LogP contribution is 2.23. The Balaban J connectivity index is 1.44. The molecule has 0 atom stereocenters. The molecule has 0 radical (unpaired) electrons. The Morgan fingerprint density at radius 2 is 2.04 bits per heavy atom. The van der Waals surface area contributed by atoms with Crippen molar-refractivity contribution in [3.8, 4) is 10.6 Å². The average molecular weight is 331 g/mol. The Morgan fingerprint density at radius 3 is 2.83 bits per heavy atom. The topological polar surface area (TPSA) is 54.5 Å². The highest BCUT2D eigenvalue weighted by atomic mass is 32.1. The second-order valence-corrected chi connectivity index (χ2v) is 6.35. The lowest BCUT2D eigenvalue weighted by atomic mass is 10.2. The molecular weight excluding hydrogens is 310 g/mol. The highest BCUT2D eigenvalue weighted by molar-refractivity contribution is 7.13. The molecular formula is C17H21N3O2S. The SMILES string of the molecule is O=C(Cc1csc(-c2ccccc2)n1)NCCN1CCOCC1. The molecule has 0 aliphatic carbocycles. The fourth-order valence-electron chi connectivity index (χ4n) is 2.51. The summed E-state index contributed by atoms with van der Waals surface area (Å²) in [5.41, 5.74) is 1.93. The van der Waals surface area contributed by atoms with Crippen molar-refractivity contribution in [1.82, 2.24) is 15.2 Å². The van der Waals surface area contributed by atoms with E-state index in [1.807, 2.05) is 35.7 Å². The second kappa shape index (κ2) is 8.19. The molecule has 1 aliphatic heterocycles. The van der Waals surface area contributed by atoms with Gasteiger partial charge in [-0.05, 0) is 0 Å². The molecule has 5 nitrogen and oxygen atoms in total. The monoisotopic (exact) mass is 331 g/mol. The predicted molar refractivity (Wildman–Crippen MR) is 91.5 cm³/mol. The van der Waals surface area contributed by atoms with Crippen LogP contribution in [0.5, 0.6) is 0 Å². The summed E-state index contributed by atoms with van der Waals surface area (Å²) >= 11 is 1.58. The highest BCUT2D eigenvalue weighted by Gasteiger charge is 2.11.